The number of rotatable bonds is 4. The maximum Gasteiger partial charge on any atom is 0.335 e. The second-order valence-electron chi connectivity index (χ2n) is 4.75. The lowest BCUT2D eigenvalue weighted by atomic mass is 10.0. The Hall–Kier alpha value is -2.10. The molecule has 0 saturated heterocycles. The molecule has 0 aromatic heterocycles. The van der Waals surface area contributed by atoms with E-state index in [1.807, 2.05) is 37.3 Å². The lowest BCUT2D eigenvalue weighted by Gasteiger charge is -2.29. The van der Waals surface area contributed by atoms with Crippen molar-refractivity contribution < 1.29 is 14.3 Å². The van der Waals surface area contributed by atoms with Crippen LogP contribution in [0.2, 0.25) is 0 Å². The van der Waals surface area contributed by atoms with Crippen molar-refractivity contribution in [2.24, 2.45) is 0 Å². The molecule has 0 saturated carbocycles. The fraction of sp³-hybridized carbons (Fsp3) is 0.375. The van der Waals surface area contributed by atoms with Crippen molar-refractivity contribution >= 4 is 11.9 Å². The highest BCUT2D eigenvalue weighted by atomic mass is 16.5. The molecule has 0 fully saturated rings. The first-order chi connectivity index (χ1) is 9.63. The van der Waals surface area contributed by atoms with Crippen molar-refractivity contribution in [3.05, 3.63) is 47.2 Å². The third-order valence-corrected chi connectivity index (χ3v) is 3.44. The van der Waals surface area contributed by atoms with Crippen LogP contribution in [0, 0.1) is 0 Å². The molecule has 4 heteroatoms. The van der Waals surface area contributed by atoms with Crippen molar-refractivity contribution in [3.63, 3.8) is 0 Å². The second-order valence-corrected chi connectivity index (χ2v) is 4.75. The first kappa shape index (κ1) is 14.3. The van der Waals surface area contributed by atoms with Crippen LogP contribution in [0.4, 0.5) is 0 Å². The molecule has 0 atom stereocenters. The molecule has 4 nitrogen and oxygen atoms in total. The number of carbonyl (C=O) groups excluding carboxylic acids is 2. The molecule has 1 amide bonds. The van der Waals surface area contributed by atoms with E-state index in [9.17, 15) is 9.59 Å². The Balaban J connectivity index is 2.23. The molecule has 1 aliphatic rings. The third-order valence-electron chi connectivity index (χ3n) is 3.44. The van der Waals surface area contributed by atoms with Gasteiger partial charge in [-0.15, -0.1) is 0 Å². The summed E-state index contributed by atoms with van der Waals surface area (Å²) in [5, 5.41) is 0. The fourth-order valence-electron chi connectivity index (χ4n) is 2.34. The SMILES string of the molecule is CCOC(=O)C1=C(C)N(Cc2ccccc2)C(=O)CC1. The molecule has 20 heavy (non-hydrogen) atoms. The summed E-state index contributed by atoms with van der Waals surface area (Å²) in [5.74, 6) is -0.255. The van der Waals surface area contributed by atoms with E-state index in [0.29, 0.717) is 37.3 Å². The first-order valence-corrected chi connectivity index (χ1v) is 6.84. The number of allylic oxidation sites excluding steroid dienone is 1. The lowest BCUT2D eigenvalue weighted by molar-refractivity contribution is -0.139. The first-order valence-electron chi connectivity index (χ1n) is 6.84. The molecular formula is C16H19NO3. The van der Waals surface area contributed by atoms with Gasteiger partial charge < -0.3 is 9.64 Å². The number of esters is 1. The number of ether oxygens (including phenoxy) is 1. The number of amides is 1. The topological polar surface area (TPSA) is 46.6 Å². The van der Waals surface area contributed by atoms with Crippen molar-refractivity contribution in [2.45, 2.75) is 33.2 Å². The molecule has 0 unspecified atom stereocenters. The van der Waals surface area contributed by atoms with E-state index in [2.05, 4.69) is 0 Å². The summed E-state index contributed by atoms with van der Waals surface area (Å²) < 4.78 is 5.05. The Morgan fingerprint density at radius 2 is 1.95 bits per heavy atom. The van der Waals surface area contributed by atoms with Gasteiger partial charge >= 0.3 is 5.97 Å². The van der Waals surface area contributed by atoms with Crippen molar-refractivity contribution in [2.75, 3.05) is 6.61 Å². The minimum atomic E-state index is -0.310. The molecule has 1 heterocycles. The van der Waals surface area contributed by atoms with Gasteiger partial charge in [-0.2, -0.15) is 0 Å². The van der Waals surface area contributed by atoms with Crippen LogP contribution in [0.25, 0.3) is 0 Å². The molecule has 0 spiro atoms. The van der Waals surface area contributed by atoms with Gasteiger partial charge in [-0.05, 0) is 25.8 Å². The van der Waals surface area contributed by atoms with Crippen LogP contribution in [0.5, 0.6) is 0 Å². The zero-order chi connectivity index (χ0) is 14.5. The van der Waals surface area contributed by atoms with Crippen molar-refractivity contribution in [1.82, 2.24) is 4.90 Å². The second kappa shape index (κ2) is 6.37. The molecule has 0 bridgehead atoms. The summed E-state index contributed by atoms with van der Waals surface area (Å²) in [7, 11) is 0. The zero-order valence-corrected chi connectivity index (χ0v) is 11.9. The Labute approximate surface area is 119 Å². The Morgan fingerprint density at radius 1 is 1.25 bits per heavy atom. The van der Waals surface area contributed by atoms with Crippen LogP contribution in [-0.2, 0) is 20.9 Å². The predicted molar refractivity (Wildman–Crippen MR) is 75.6 cm³/mol. The lowest BCUT2D eigenvalue weighted by Crippen LogP contribution is -2.34. The molecule has 2 rings (SSSR count). The quantitative estimate of drug-likeness (QED) is 0.792. The number of nitrogens with zero attached hydrogens (tertiary/aromatic N) is 1. The van der Waals surface area contributed by atoms with E-state index in [1.54, 1.807) is 11.8 Å². The van der Waals surface area contributed by atoms with Crippen LogP contribution < -0.4 is 0 Å². The average molecular weight is 273 g/mol. The van der Waals surface area contributed by atoms with Crippen LogP contribution in [0.1, 0.15) is 32.3 Å². The largest absolute Gasteiger partial charge is 0.463 e. The molecule has 1 aromatic rings. The van der Waals surface area contributed by atoms with Crippen LogP contribution in [0.3, 0.4) is 0 Å². The average Bonchev–Trinajstić information content (AvgIpc) is 2.45. The summed E-state index contributed by atoms with van der Waals surface area (Å²) >= 11 is 0. The standard InChI is InChI=1S/C16H19NO3/c1-3-20-16(19)14-9-10-15(18)17(12(14)2)11-13-7-5-4-6-8-13/h4-8H,3,9-11H2,1-2H3. The molecular weight excluding hydrogens is 254 g/mol. The molecule has 0 aliphatic carbocycles. The maximum atomic E-state index is 12.1. The summed E-state index contributed by atoms with van der Waals surface area (Å²) in [6, 6.07) is 9.76. The van der Waals surface area contributed by atoms with Crippen LogP contribution in [-0.4, -0.2) is 23.4 Å². The van der Waals surface area contributed by atoms with Gasteiger partial charge in [0.2, 0.25) is 5.91 Å². The van der Waals surface area contributed by atoms with Crippen LogP contribution in [0.15, 0.2) is 41.6 Å². The highest BCUT2D eigenvalue weighted by Crippen LogP contribution is 2.25. The summed E-state index contributed by atoms with van der Waals surface area (Å²) in [4.78, 5) is 25.6. The van der Waals surface area contributed by atoms with Gasteiger partial charge in [0.1, 0.15) is 0 Å². The van der Waals surface area contributed by atoms with Gasteiger partial charge in [0.05, 0.1) is 18.7 Å². The predicted octanol–water partition coefficient (Wildman–Crippen LogP) is 2.65. The van der Waals surface area contributed by atoms with Crippen molar-refractivity contribution in [3.8, 4) is 0 Å². The van der Waals surface area contributed by atoms with E-state index >= 15 is 0 Å². The van der Waals surface area contributed by atoms with Gasteiger partial charge in [-0.3, -0.25) is 4.79 Å². The molecule has 0 radical (unpaired) electrons. The number of hydrogen-bond acceptors (Lipinski definition) is 3. The number of benzene rings is 1. The monoisotopic (exact) mass is 273 g/mol. The Kier molecular flexibility index (Phi) is 4.56. The normalized spacial score (nSPS) is 15.5. The van der Waals surface area contributed by atoms with Gasteiger partial charge in [0, 0.05) is 12.1 Å². The summed E-state index contributed by atoms with van der Waals surface area (Å²) in [6.45, 7) is 4.44. The van der Waals surface area contributed by atoms with E-state index in [0.717, 1.165) is 5.56 Å². The highest BCUT2D eigenvalue weighted by Gasteiger charge is 2.28. The molecule has 106 valence electrons. The third kappa shape index (κ3) is 3.07. The zero-order valence-electron chi connectivity index (χ0n) is 11.9. The molecule has 0 N–H and O–H groups in total. The Morgan fingerprint density at radius 3 is 2.60 bits per heavy atom. The molecule has 1 aromatic carbocycles. The summed E-state index contributed by atoms with van der Waals surface area (Å²) in [5.41, 5.74) is 2.37. The number of hydrogen-bond donors (Lipinski definition) is 0. The van der Waals surface area contributed by atoms with E-state index in [4.69, 9.17) is 4.74 Å². The minimum Gasteiger partial charge on any atom is -0.463 e. The number of carbonyl (C=O) groups is 2. The van der Waals surface area contributed by atoms with Crippen molar-refractivity contribution in [1.29, 1.82) is 0 Å². The smallest absolute Gasteiger partial charge is 0.335 e. The van der Waals surface area contributed by atoms with E-state index in [1.165, 1.54) is 0 Å². The Bertz CT molecular complexity index is 534. The molecule has 1 aliphatic heterocycles. The van der Waals surface area contributed by atoms with Gasteiger partial charge in [-0.25, -0.2) is 4.79 Å². The van der Waals surface area contributed by atoms with Crippen LogP contribution >= 0.6 is 0 Å². The van der Waals surface area contributed by atoms with Gasteiger partial charge in [-0.1, -0.05) is 30.3 Å². The van der Waals surface area contributed by atoms with E-state index in [-0.39, 0.29) is 11.9 Å². The van der Waals surface area contributed by atoms with E-state index < -0.39 is 0 Å². The fourth-order valence-corrected chi connectivity index (χ4v) is 2.34. The summed E-state index contributed by atoms with van der Waals surface area (Å²) in [6.07, 6.45) is 0.826. The highest BCUT2D eigenvalue weighted by molar-refractivity contribution is 5.93. The van der Waals surface area contributed by atoms with Gasteiger partial charge in [0.15, 0.2) is 0 Å². The van der Waals surface area contributed by atoms with Gasteiger partial charge in [0.25, 0.3) is 0 Å². The minimum absolute atomic E-state index is 0.0550. The maximum absolute atomic E-state index is 12.1.